The number of benzene rings is 1. The predicted octanol–water partition coefficient (Wildman–Crippen LogP) is 2.48. The number of aliphatic imine (C=N–C) groups is 1. The van der Waals surface area contributed by atoms with Crippen LogP contribution in [0.5, 0.6) is 11.5 Å². The molecule has 0 unspecified atom stereocenters. The summed E-state index contributed by atoms with van der Waals surface area (Å²) < 4.78 is 11.2. The second kappa shape index (κ2) is 9.34. The van der Waals surface area contributed by atoms with E-state index in [-0.39, 0.29) is 24.0 Å². The van der Waals surface area contributed by atoms with Crippen molar-refractivity contribution in [1.29, 1.82) is 0 Å². The van der Waals surface area contributed by atoms with E-state index in [2.05, 4.69) is 21.5 Å². The average Bonchev–Trinajstić information content (AvgIpc) is 2.69. The van der Waals surface area contributed by atoms with E-state index < -0.39 is 0 Å². The molecule has 0 fully saturated rings. The normalized spacial score (nSPS) is 13.4. The van der Waals surface area contributed by atoms with Crippen LogP contribution in [0.25, 0.3) is 0 Å². The van der Waals surface area contributed by atoms with Gasteiger partial charge in [-0.15, -0.1) is 30.4 Å². The van der Waals surface area contributed by atoms with Crippen LogP contribution in [0.1, 0.15) is 13.3 Å². The lowest BCUT2D eigenvalue weighted by Gasteiger charge is -2.13. The van der Waals surface area contributed by atoms with E-state index in [1.54, 1.807) is 0 Å². The number of terminal acetylenes is 1. The highest BCUT2D eigenvalue weighted by Crippen LogP contribution is 2.32. The highest BCUT2D eigenvalue weighted by molar-refractivity contribution is 14.0. The minimum atomic E-state index is 0. The van der Waals surface area contributed by atoms with Crippen molar-refractivity contribution >= 4 is 35.6 Å². The van der Waals surface area contributed by atoms with Gasteiger partial charge in [0, 0.05) is 24.7 Å². The Balaban J connectivity index is 0.00000220. The lowest BCUT2D eigenvalue weighted by Crippen LogP contribution is -2.30. The van der Waals surface area contributed by atoms with Crippen molar-refractivity contribution in [3.05, 3.63) is 18.2 Å². The van der Waals surface area contributed by atoms with E-state index >= 15 is 0 Å². The highest BCUT2D eigenvalue weighted by Gasteiger charge is 2.11. The molecule has 0 saturated carbocycles. The standard InChI is InChI=1S/C15H19N3O2.HI/c1-3-8-17-15(16-4-2)18-12-6-7-13-14(11-12)20-10-5-9-19-13;/h1,6-7,11H,4-5,8-10H2,2H3,(H2,16,17,18);1H. The van der Waals surface area contributed by atoms with Gasteiger partial charge in [0.2, 0.25) is 0 Å². The third kappa shape index (κ3) is 5.34. The highest BCUT2D eigenvalue weighted by atomic mass is 127. The van der Waals surface area contributed by atoms with E-state index in [0.717, 1.165) is 30.2 Å². The van der Waals surface area contributed by atoms with Crippen molar-refractivity contribution in [3.8, 4) is 23.8 Å². The van der Waals surface area contributed by atoms with Crippen LogP contribution in [0, 0.1) is 12.3 Å². The first-order valence-electron chi connectivity index (χ1n) is 6.72. The quantitative estimate of drug-likeness (QED) is 0.354. The number of hydrogen-bond acceptors (Lipinski definition) is 3. The first-order chi connectivity index (χ1) is 9.83. The Morgan fingerprint density at radius 3 is 2.81 bits per heavy atom. The second-order valence-corrected chi connectivity index (χ2v) is 4.24. The molecule has 0 spiro atoms. The summed E-state index contributed by atoms with van der Waals surface area (Å²) in [7, 11) is 0. The Morgan fingerprint density at radius 2 is 2.10 bits per heavy atom. The molecule has 114 valence electrons. The minimum Gasteiger partial charge on any atom is -0.490 e. The van der Waals surface area contributed by atoms with Gasteiger partial charge in [-0.05, 0) is 19.1 Å². The molecule has 1 heterocycles. The number of fused-ring (bicyclic) bond motifs is 1. The molecule has 0 saturated heterocycles. The molecule has 0 radical (unpaired) electrons. The lowest BCUT2D eigenvalue weighted by atomic mass is 10.3. The zero-order chi connectivity index (χ0) is 14.2. The Labute approximate surface area is 142 Å². The van der Waals surface area contributed by atoms with Gasteiger partial charge in [-0.3, -0.25) is 0 Å². The van der Waals surface area contributed by atoms with Crippen molar-refractivity contribution < 1.29 is 9.47 Å². The average molecular weight is 401 g/mol. The maximum absolute atomic E-state index is 5.65. The van der Waals surface area contributed by atoms with Crippen molar-refractivity contribution in [2.45, 2.75) is 13.3 Å². The van der Waals surface area contributed by atoms with Gasteiger partial charge < -0.3 is 20.1 Å². The molecular weight excluding hydrogens is 381 g/mol. The third-order valence-corrected chi connectivity index (χ3v) is 2.68. The topological polar surface area (TPSA) is 54.9 Å². The second-order valence-electron chi connectivity index (χ2n) is 4.24. The fourth-order valence-electron chi connectivity index (χ4n) is 1.81. The Hall–Kier alpha value is -1.62. The maximum Gasteiger partial charge on any atom is 0.196 e. The zero-order valence-corrected chi connectivity index (χ0v) is 14.3. The van der Waals surface area contributed by atoms with Crippen LogP contribution in [0.4, 0.5) is 5.69 Å². The van der Waals surface area contributed by atoms with Crippen LogP contribution in [0.15, 0.2) is 23.2 Å². The molecule has 2 N–H and O–H groups in total. The molecule has 6 heteroatoms. The van der Waals surface area contributed by atoms with Gasteiger partial charge >= 0.3 is 0 Å². The Morgan fingerprint density at radius 1 is 1.33 bits per heavy atom. The first-order valence-corrected chi connectivity index (χ1v) is 6.72. The monoisotopic (exact) mass is 401 g/mol. The first kappa shape index (κ1) is 17.4. The molecule has 1 aliphatic rings. The van der Waals surface area contributed by atoms with Gasteiger partial charge in [-0.1, -0.05) is 5.92 Å². The molecule has 21 heavy (non-hydrogen) atoms. The molecule has 5 nitrogen and oxygen atoms in total. The summed E-state index contributed by atoms with van der Waals surface area (Å²) in [6.45, 7) is 4.45. The molecule has 0 amide bonds. The van der Waals surface area contributed by atoms with Crippen LogP contribution in [-0.2, 0) is 0 Å². The van der Waals surface area contributed by atoms with Gasteiger partial charge in [0.15, 0.2) is 17.5 Å². The van der Waals surface area contributed by atoms with Crippen LogP contribution in [0.2, 0.25) is 0 Å². The summed E-state index contributed by atoms with van der Waals surface area (Å²) in [5.41, 5.74) is 0.881. The summed E-state index contributed by atoms with van der Waals surface area (Å²) in [5.74, 6) is 4.67. The van der Waals surface area contributed by atoms with Gasteiger partial charge in [0.25, 0.3) is 0 Å². The van der Waals surface area contributed by atoms with Crippen molar-refractivity contribution in [1.82, 2.24) is 5.32 Å². The van der Waals surface area contributed by atoms with E-state index in [4.69, 9.17) is 15.9 Å². The molecule has 1 aromatic carbocycles. The van der Waals surface area contributed by atoms with Gasteiger partial charge in [-0.2, -0.15) is 0 Å². The number of nitrogens with zero attached hydrogens (tertiary/aromatic N) is 1. The maximum atomic E-state index is 5.65. The fraction of sp³-hybridized carbons (Fsp3) is 0.400. The molecule has 0 aliphatic carbocycles. The van der Waals surface area contributed by atoms with Gasteiger partial charge in [-0.25, -0.2) is 4.99 Å². The number of guanidine groups is 1. The number of halogens is 1. The summed E-state index contributed by atoms with van der Waals surface area (Å²) in [6, 6.07) is 5.73. The molecule has 2 rings (SSSR count). The summed E-state index contributed by atoms with van der Waals surface area (Å²) >= 11 is 0. The third-order valence-electron chi connectivity index (χ3n) is 2.68. The predicted molar refractivity (Wildman–Crippen MR) is 95.9 cm³/mol. The van der Waals surface area contributed by atoms with Crippen LogP contribution in [0.3, 0.4) is 0 Å². The largest absolute Gasteiger partial charge is 0.490 e. The van der Waals surface area contributed by atoms with Gasteiger partial charge in [0.1, 0.15) is 6.54 Å². The van der Waals surface area contributed by atoms with E-state index in [0.29, 0.717) is 25.7 Å². The van der Waals surface area contributed by atoms with Crippen LogP contribution in [-0.4, -0.2) is 32.3 Å². The van der Waals surface area contributed by atoms with Crippen LogP contribution < -0.4 is 20.1 Å². The molecule has 0 bridgehead atoms. The van der Waals surface area contributed by atoms with E-state index in [1.807, 2.05) is 25.1 Å². The number of nitrogens with one attached hydrogen (secondary N) is 2. The summed E-state index contributed by atoms with van der Waals surface area (Å²) in [4.78, 5) is 4.24. The minimum absolute atomic E-state index is 0. The smallest absolute Gasteiger partial charge is 0.196 e. The summed E-state index contributed by atoms with van der Waals surface area (Å²) in [5, 5.41) is 6.32. The van der Waals surface area contributed by atoms with E-state index in [9.17, 15) is 0 Å². The van der Waals surface area contributed by atoms with Crippen molar-refractivity contribution in [2.75, 3.05) is 31.6 Å². The molecule has 1 aliphatic heterocycles. The summed E-state index contributed by atoms with van der Waals surface area (Å²) in [6.07, 6.45) is 6.12. The molecule has 0 atom stereocenters. The number of ether oxygens (including phenoxy) is 2. The fourth-order valence-corrected chi connectivity index (χ4v) is 1.81. The van der Waals surface area contributed by atoms with E-state index in [1.165, 1.54) is 0 Å². The SMILES string of the molecule is C#CCN=C(NCC)Nc1ccc2c(c1)OCCCO2.I. The van der Waals surface area contributed by atoms with Crippen molar-refractivity contribution in [3.63, 3.8) is 0 Å². The van der Waals surface area contributed by atoms with Crippen molar-refractivity contribution in [2.24, 2.45) is 4.99 Å². The number of anilines is 1. The molecule has 1 aromatic rings. The Bertz CT molecular complexity index is 526. The lowest BCUT2D eigenvalue weighted by molar-refractivity contribution is 0.297. The number of rotatable bonds is 3. The van der Waals surface area contributed by atoms with Crippen LogP contribution >= 0.6 is 24.0 Å². The number of hydrogen-bond donors (Lipinski definition) is 2. The Kier molecular flexibility index (Phi) is 7.75. The zero-order valence-electron chi connectivity index (χ0n) is 12.0. The molecular formula is C15H20IN3O2. The molecule has 0 aromatic heterocycles. The van der Waals surface area contributed by atoms with Gasteiger partial charge in [0.05, 0.1) is 13.2 Å².